The summed E-state index contributed by atoms with van der Waals surface area (Å²) in [4.78, 5) is 25.7. The Balaban J connectivity index is 1.12. The first-order chi connectivity index (χ1) is 19.9. The molecule has 1 saturated heterocycles. The molecule has 0 spiro atoms. The van der Waals surface area contributed by atoms with Gasteiger partial charge in [0.05, 0.1) is 10.6 Å². The molecule has 10 nitrogen and oxygen atoms in total. The molecule has 3 aromatic carbocycles. The topological polar surface area (TPSA) is 117 Å². The fraction of sp³-hybridized carbons (Fsp3) is 0.207. The van der Waals surface area contributed by atoms with E-state index in [1.54, 1.807) is 54.9 Å². The van der Waals surface area contributed by atoms with Gasteiger partial charge in [-0.15, -0.1) is 0 Å². The Morgan fingerprint density at radius 2 is 1.56 bits per heavy atom. The number of halogens is 1. The fourth-order valence-electron chi connectivity index (χ4n) is 4.31. The van der Waals surface area contributed by atoms with Gasteiger partial charge in [0.25, 0.3) is 15.9 Å². The van der Waals surface area contributed by atoms with Crippen LogP contribution in [0.2, 0.25) is 0 Å². The maximum Gasteiger partial charge on any atom is 0.262 e. The Hall–Kier alpha value is -4.00. The van der Waals surface area contributed by atoms with E-state index in [4.69, 9.17) is 4.74 Å². The second kappa shape index (κ2) is 13.1. The minimum atomic E-state index is -3.92. The first-order valence-corrected chi connectivity index (χ1v) is 15.3. The van der Waals surface area contributed by atoms with Crippen molar-refractivity contribution in [3.8, 4) is 11.5 Å². The van der Waals surface area contributed by atoms with Crippen molar-refractivity contribution in [2.45, 2.75) is 4.90 Å². The fourth-order valence-corrected chi connectivity index (χ4v) is 5.65. The number of amides is 1. The number of hydrogen-bond acceptors (Lipinski definition) is 8. The molecule has 0 bridgehead atoms. The van der Waals surface area contributed by atoms with Crippen LogP contribution in [0.25, 0.3) is 0 Å². The molecule has 0 radical (unpaired) electrons. The van der Waals surface area contributed by atoms with Gasteiger partial charge in [0.2, 0.25) is 5.95 Å². The van der Waals surface area contributed by atoms with Crippen molar-refractivity contribution < 1.29 is 17.9 Å². The van der Waals surface area contributed by atoms with Gasteiger partial charge in [-0.05, 0) is 66.7 Å². The molecule has 2 heterocycles. The third-order valence-corrected chi connectivity index (χ3v) is 8.43. The summed E-state index contributed by atoms with van der Waals surface area (Å²) in [5.41, 5.74) is 0.684. The predicted molar refractivity (Wildman–Crippen MR) is 161 cm³/mol. The number of ether oxygens (including phenoxy) is 1. The molecule has 0 atom stereocenters. The molecule has 0 aliphatic carbocycles. The highest BCUT2D eigenvalue weighted by Crippen LogP contribution is 2.31. The van der Waals surface area contributed by atoms with Crippen LogP contribution in [0, 0.1) is 0 Å². The highest BCUT2D eigenvalue weighted by molar-refractivity contribution is 9.10. The monoisotopic (exact) mass is 636 g/mol. The summed E-state index contributed by atoms with van der Waals surface area (Å²) in [6.07, 6.45) is 3.48. The second-order valence-electron chi connectivity index (χ2n) is 9.32. The van der Waals surface area contributed by atoms with Crippen LogP contribution >= 0.6 is 15.9 Å². The van der Waals surface area contributed by atoms with Crippen LogP contribution in [0.1, 0.15) is 10.4 Å². The third-order valence-electron chi connectivity index (χ3n) is 6.52. The van der Waals surface area contributed by atoms with Crippen LogP contribution in [0.15, 0.2) is 101 Å². The van der Waals surface area contributed by atoms with E-state index in [0.717, 1.165) is 36.6 Å². The number of sulfonamides is 1. The lowest BCUT2D eigenvalue weighted by molar-refractivity contribution is 0.0947. The van der Waals surface area contributed by atoms with Gasteiger partial charge in [-0.3, -0.25) is 14.4 Å². The van der Waals surface area contributed by atoms with Gasteiger partial charge in [0.15, 0.2) is 5.75 Å². The van der Waals surface area contributed by atoms with Gasteiger partial charge in [0, 0.05) is 61.7 Å². The van der Waals surface area contributed by atoms with E-state index in [9.17, 15) is 13.2 Å². The Kier molecular flexibility index (Phi) is 9.12. The lowest BCUT2D eigenvalue weighted by Crippen LogP contribution is -2.49. The quantitative estimate of drug-likeness (QED) is 0.263. The maximum absolute atomic E-state index is 13.1. The Bertz CT molecular complexity index is 1560. The Morgan fingerprint density at radius 3 is 2.27 bits per heavy atom. The average molecular weight is 638 g/mol. The molecule has 1 aliphatic rings. The van der Waals surface area contributed by atoms with E-state index in [1.165, 1.54) is 24.3 Å². The maximum atomic E-state index is 13.1. The first-order valence-electron chi connectivity index (χ1n) is 13.1. The molecule has 41 heavy (non-hydrogen) atoms. The Morgan fingerprint density at radius 1 is 0.878 bits per heavy atom. The van der Waals surface area contributed by atoms with Gasteiger partial charge in [-0.1, -0.05) is 28.1 Å². The summed E-state index contributed by atoms with van der Waals surface area (Å²) >= 11 is 3.38. The summed E-state index contributed by atoms with van der Waals surface area (Å²) in [5.74, 6) is 1.41. The Labute approximate surface area is 247 Å². The highest BCUT2D eigenvalue weighted by atomic mass is 79.9. The number of benzene rings is 3. The predicted octanol–water partition coefficient (Wildman–Crippen LogP) is 4.38. The zero-order valence-electron chi connectivity index (χ0n) is 22.1. The molecule has 1 fully saturated rings. The SMILES string of the molecule is O=C(NCCN1CCN(c2ncccn2)CC1)c1ccc(S(=O)(=O)Nc2ccccc2Oc2ccc(Br)cc2)cc1. The van der Waals surface area contributed by atoms with Crippen LogP contribution in [0.4, 0.5) is 11.6 Å². The number of rotatable bonds is 10. The normalized spacial score (nSPS) is 13.9. The van der Waals surface area contributed by atoms with Crippen molar-refractivity contribution in [1.29, 1.82) is 0 Å². The summed E-state index contributed by atoms with van der Waals surface area (Å²) < 4.78 is 35.6. The van der Waals surface area contributed by atoms with E-state index >= 15 is 0 Å². The largest absolute Gasteiger partial charge is 0.455 e. The van der Waals surface area contributed by atoms with E-state index in [2.05, 4.69) is 45.7 Å². The lowest BCUT2D eigenvalue weighted by Gasteiger charge is -2.34. The van der Waals surface area contributed by atoms with Crippen molar-refractivity contribution in [1.82, 2.24) is 20.2 Å². The number of carbonyl (C=O) groups excluding carboxylic acids is 1. The molecule has 4 aromatic rings. The van der Waals surface area contributed by atoms with Crippen LogP contribution < -0.4 is 19.7 Å². The highest BCUT2D eigenvalue weighted by Gasteiger charge is 2.20. The molecular formula is C29H29BrN6O4S. The van der Waals surface area contributed by atoms with Crippen molar-refractivity contribution in [2.75, 3.05) is 48.9 Å². The minimum absolute atomic E-state index is 0.0350. The summed E-state index contributed by atoms with van der Waals surface area (Å²) in [6, 6.07) is 21.7. The molecule has 1 aliphatic heterocycles. The van der Waals surface area contributed by atoms with Crippen molar-refractivity contribution in [3.05, 3.63) is 101 Å². The number of carbonyl (C=O) groups is 1. The van der Waals surface area contributed by atoms with E-state index in [0.29, 0.717) is 35.8 Å². The zero-order valence-corrected chi connectivity index (χ0v) is 24.5. The molecular weight excluding hydrogens is 608 g/mol. The van der Waals surface area contributed by atoms with Crippen LogP contribution in [-0.4, -0.2) is 68.5 Å². The standard InChI is InChI=1S/C29H29BrN6O4S/c30-23-8-10-24(11-9-23)40-27-5-2-1-4-26(27)34-41(38,39)25-12-6-22(7-13-25)28(37)31-16-17-35-18-20-36(21-19-35)29-32-14-3-15-33-29/h1-15,34H,16-21H2,(H,31,37). The molecule has 12 heteroatoms. The smallest absolute Gasteiger partial charge is 0.262 e. The first kappa shape index (κ1) is 28.5. The molecule has 0 saturated carbocycles. The number of nitrogens with one attached hydrogen (secondary N) is 2. The van der Waals surface area contributed by atoms with Crippen LogP contribution in [0.5, 0.6) is 11.5 Å². The van der Waals surface area contributed by atoms with Crippen LogP contribution in [-0.2, 0) is 10.0 Å². The van der Waals surface area contributed by atoms with Gasteiger partial charge >= 0.3 is 0 Å². The zero-order chi connectivity index (χ0) is 28.7. The van der Waals surface area contributed by atoms with Gasteiger partial charge in [0.1, 0.15) is 5.75 Å². The number of aromatic nitrogens is 2. The van der Waals surface area contributed by atoms with Crippen molar-refractivity contribution in [2.24, 2.45) is 0 Å². The summed E-state index contributed by atoms with van der Waals surface area (Å²) in [6.45, 7) is 4.55. The number of piperazine rings is 1. The molecule has 2 N–H and O–H groups in total. The molecule has 1 aromatic heterocycles. The van der Waals surface area contributed by atoms with Gasteiger partial charge < -0.3 is 15.0 Å². The van der Waals surface area contributed by atoms with Gasteiger partial charge in [-0.2, -0.15) is 0 Å². The third kappa shape index (κ3) is 7.60. The molecule has 212 valence electrons. The molecule has 1 amide bonds. The number of para-hydroxylation sites is 2. The number of nitrogens with zero attached hydrogens (tertiary/aromatic N) is 4. The van der Waals surface area contributed by atoms with E-state index in [1.807, 2.05) is 12.1 Å². The van der Waals surface area contributed by atoms with Gasteiger partial charge in [-0.25, -0.2) is 18.4 Å². The van der Waals surface area contributed by atoms with E-state index < -0.39 is 10.0 Å². The minimum Gasteiger partial charge on any atom is -0.455 e. The number of hydrogen-bond donors (Lipinski definition) is 2. The average Bonchev–Trinajstić information content (AvgIpc) is 3.00. The van der Waals surface area contributed by atoms with Crippen LogP contribution in [0.3, 0.4) is 0 Å². The summed E-state index contributed by atoms with van der Waals surface area (Å²) in [7, 11) is -3.92. The molecule has 0 unspecified atom stereocenters. The van der Waals surface area contributed by atoms with E-state index in [-0.39, 0.29) is 10.8 Å². The summed E-state index contributed by atoms with van der Waals surface area (Å²) in [5, 5.41) is 2.92. The lowest BCUT2D eigenvalue weighted by atomic mass is 10.2. The number of anilines is 2. The van der Waals surface area contributed by atoms with Crippen molar-refractivity contribution in [3.63, 3.8) is 0 Å². The molecule has 5 rings (SSSR count). The van der Waals surface area contributed by atoms with Crippen molar-refractivity contribution >= 4 is 43.5 Å². The second-order valence-corrected chi connectivity index (χ2v) is 11.9.